The quantitative estimate of drug-likeness (QED) is 0.653. The van der Waals surface area contributed by atoms with Crippen LogP contribution in [0.4, 0.5) is 0 Å². The highest BCUT2D eigenvalue weighted by Gasteiger charge is 2.06. The summed E-state index contributed by atoms with van der Waals surface area (Å²) in [5.41, 5.74) is 3.84. The van der Waals surface area contributed by atoms with Gasteiger partial charge in [-0.05, 0) is 48.2 Å². The van der Waals surface area contributed by atoms with E-state index in [1.165, 1.54) is 16.7 Å². The Kier molecular flexibility index (Phi) is 7.15. The van der Waals surface area contributed by atoms with Gasteiger partial charge in [0.15, 0.2) is 0 Å². The molecular formula is C21H29NO. The molecule has 0 amide bonds. The largest absolute Gasteiger partial charge is 0.493 e. The number of benzene rings is 2. The number of hydrogen-bond donors (Lipinski definition) is 1. The zero-order valence-electron chi connectivity index (χ0n) is 14.6. The van der Waals surface area contributed by atoms with Crippen molar-refractivity contribution in [3.8, 4) is 16.9 Å². The van der Waals surface area contributed by atoms with E-state index < -0.39 is 0 Å². The topological polar surface area (TPSA) is 21.3 Å². The van der Waals surface area contributed by atoms with E-state index in [-0.39, 0.29) is 0 Å². The van der Waals surface area contributed by atoms with Crippen LogP contribution in [0.25, 0.3) is 11.1 Å². The Morgan fingerprint density at radius 1 is 1.00 bits per heavy atom. The van der Waals surface area contributed by atoms with Gasteiger partial charge in [-0.15, -0.1) is 0 Å². The van der Waals surface area contributed by atoms with Gasteiger partial charge in [-0.2, -0.15) is 0 Å². The highest BCUT2D eigenvalue weighted by atomic mass is 16.5. The monoisotopic (exact) mass is 311 g/mol. The molecule has 0 heterocycles. The Morgan fingerprint density at radius 2 is 1.78 bits per heavy atom. The van der Waals surface area contributed by atoms with Gasteiger partial charge in [0, 0.05) is 6.04 Å². The molecule has 1 N–H and O–H groups in total. The lowest BCUT2D eigenvalue weighted by molar-refractivity contribution is 0.303. The fourth-order valence-corrected chi connectivity index (χ4v) is 2.64. The lowest BCUT2D eigenvalue weighted by atomic mass is 10.0. The molecule has 0 aliphatic carbocycles. The van der Waals surface area contributed by atoms with Crippen LogP contribution in [-0.2, 0) is 6.42 Å². The fraction of sp³-hybridized carbons (Fsp3) is 0.429. The molecule has 0 radical (unpaired) electrons. The molecule has 0 unspecified atom stereocenters. The predicted molar refractivity (Wildman–Crippen MR) is 99.1 cm³/mol. The molecular weight excluding hydrogens is 282 g/mol. The molecule has 0 aromatic heterocycles. The van der Waals surface area contributed by atoms with Crippen molar-refractivity contribution in [3.63, 3.8) is 0 Å². The van der Waals surface area contributed by atoms with Crippen LogP contribution in [0.3, 0.4) is 0 Å². The molecule has 124 valence electrons. The SMILES string of the molecule is CCCc1cc(-c2ccccc2)ccc1OCCCNC(C)C. The molecule has 2 aromatic rings. The molecule has 0 saturated heterocycles. The number of ether oxygens (including phenoxy) is 1. The highest BCUT2D eigenvalue weighted by Crippen LogP contribution is 2.27. The van der Waals surface area contributed by atoms with Crippen LogP contribution in [0.2, 0.25) is 0 Å². The molecule has 0 spiro atoms. The average Bonchev–Trinajstić information content (AvgIpc) is 2.56. The fourth-order valence-electron chi connectivity index (χ4n) is 2.64. The summed E-state index contributed by atoms with van der Waals surface area (Å²) < 4.78 is 6.02. The molecule has 2 nitrogen and oxygen atoms in total. The Balaban J connectivity index is 2.02. The van der Waals surface area contributed by atoms with Gasteiger partial charge in [0.2, 0.25) is 0 Å². The molecule has 2 heteroatoms. The third kappa shape index (κ3) is 5.72. The van der Waals surface area contributed by atoms with Crippen LogP contribution in [0, 0.1) is 0 Å². The Labute approximate surface area is 140 Å². The first-order valence-corrected chi connectivity index (χ1v) is 8.75. The van der Waals surface area contributed by atoms with E-state index in [0.29, 0.717) is 6.04 Å². The number of nitrogens with one attached hydrogen (secondary N) is 1. The number of aryl methyl sites for hydroxylation is 1. The minimum absolute atomic E-state index is 0.538. The minimum atomic E-state index is 0.538. The van der Waals surface area contributed by atoms with Crippen LogP contribution in [0.1, 0.15) is 39.2 Å². The molecule has 0 saturated carbocycles. The van der Waals surface area contributed by atoms with Gasteiger partial charge in [-0.3, -0.25) is 0 Å². The molecule has 0 fully saturated rings. The van der Waals surface area contributed by atoms with Gasteiger partial charge in [0.1, 0.15) is 5.75 Å². The molecule has 0 aliphatic rings. The second kappa shape index (κ2) is 9.36. The van der Waals surface area contributed by atoms with E-state index in [0.717, 1.165) is 38.2 Å². The van der Waals surface area contributed by atoms with Crippen molar-refractivity contribution in [2.24, 2.45) is 0 Å². The van der Waals surface area contributed by atoms with Crippen molar-refractivity contribution in [1.29, 1.82) is 0 Å². The van der Waals surface area contributed by atoms with Gasteiger partial charge in [-0.25, -0.2) is 0 Å². The maximum absolute atomic E-state index is 6.02. The normalized spacial score (nSPS) is 11.0. The van der Waals surface area contributed by atoms with Crippen LogP contribution in [0.15, 0.2) is 48.5 Å². The minimum Gasteiger partial charge on any atom is -0.493 e. The lowest BCUT2D eigenvalue weighted by Crippen LogP contribution is -2.24. The summed E-state index contributed by atoms with van der Waals surface area (Å²) in [7, 11) is 0. The Bertz CT molecular complexity index is 578. The van der Waals surface area contributed by atoms with Crippen molar-refractivity contribution in [3.05, 3.63) is 54.1 Å². The van der Waals surface area contributed by atoms with E-state index in [1.807, 2.05) is 0 Å². The third-order valence-electron chi connectivity index (χ3n) is 3.82. The first-order valence-electron chi connectivity index (χ1n) is 8.75. The van der Waals surface area contributed by atoms with E-state index in [4.69, 9.17) is 4.74 Å². The molecule has 0 aliphatic heterocycles. The number of rotatable bonds is 9. The lowest BCUT2D eigenvalue weighted by Gasteiger charge is -2.14. The van der Waals surface area contributed by atoms with Gasteiger partial charge in [0.05, 0.1) is 6.61 Å². The van der Waals surface area contributed by atoms with Crippen LogP contribution in [-0.4, -0.2) is 19.2 Å². The molecule has 0 atom stereocenters. The van der Waals surface area contributed by atoms with Crippen molar-refractivity contribution in [2.75, 3.05) is 13.2 Å². The van der Waals surface area contributed by atoms with Crippen molar-refractivity contribution >= 4 is 0 Å². The highest BCUT2D eigenvalue weighted by molar-refractivity contribution is 5.65. The van der Waals surface area contributed by atoms with E-state index in [2.05, 4.69) is 74.6 Å². The summed E-state index contributed by atoms with van der Waals surface area (Å²) >= 11 is 0. The molecule has 23 heavy (non-hydrogen) atoms. The van der Waals surface area contributed by atoms with Crippen LogP contribution < -0.4 is 10.1 Å². The van der Waals surface area contributed by atoms with Gasteiger partial charge >= 0.3 is 0 Å². The average molecular weight is 311 g/mol. The van der Waals surface area contributed by atoms with Crippen molar-refractivity contribution < 1.29 is 4.74 Å². The van der Waals surface area contributed by atoms with E-state index in [9.17, 15) is 0 Å². The summed E-state index contributed by atoms with van der Waals surface area (Å²) in [5.74, 6) is 1.04. The summed E-state index contributed by atoms with van der Waals surface area (Å²) in [4.78, 5) is 0. The molecule has 2 rings (SSSR count). The van der Waals surface area contributed by atoms with Gasteiger partial charge < -0.3 is 10.1 Å². The zero-order chi connectivity index (χ0) is 16.5. The van der Waals surface area contributed by atoms with Crippen molar-refractivity contribution in [1.82, 2.24) is 5.32 Å². The van der Waals surface area contributed by atoms with Crippen molar-refractivity contribution in [2.45, 2.75) is 46.1 Å². The number of hydrogen-bond acceptors (Lipinski definition) is 2. The first-order chi connectivity index (χ1) is 11.2. The maximum Gasteiger partial charge on any atom is 0.122 e. The third-order valence-corrected chi connectivity index (χ3v) is 3.82. The smallest absolute Gasteiger partial charge is 0.122 e. The standard InChI is InChI=1S/C21H29NO/c1-4-9-20-16-19(18-10-6-5-7-11-18)12-13-21(20)23-15-8-14-22-17(2)3/h5-7,10-13,16-17,22H,4,8-9,14-15H2,1-3H3. The second-order valence-electron chi connectivity index (χ2n) is 6.25. The van der Waals surface area contributed by atoms with Gasteiger partial charge in [-0.1, -0.05) is 63.6 Å². The summed E-state index contributed by atoms with van der Waals surface area (Å²) in [6.45, 7) is 8.32. The maximum atomic E-state index is 6.02. The van der Waals surface area contributed by atoms with Crippen LogP contribution >= 0.6 is 0 Å². The Morgan fingerprint density at radius 3 is 2.48 bits per heavy atom. The van der Waals surface area contributed by atoms with Gasteiger partial charge in [0.25, 0.3) is 0 Å². The van der Waals surface area contributed by atoms with E-state index in [1.54, 1.807) is 0 Å². The first kappa shape index (κ1) is 17.6. The zero-order valence-corrected chi connectivity index (χ0v) is 14.6. The van der Waals surface area contributed by atoms with E-state index >= 15 is 0 Å². The molecule has 0 bridgehead atoms. The summed E-state index contributed by atoms with van der Waals surface area (Å²) in [6.07, 6.45) is 3.22. The summed E-state index contributed by atoms with van der Waals surface area (Å²) in [6, 6.07) is 17.6. The second-order valence-corrected chi connectivity index (χ2v) is 6.25. The summed E-state index contributed by atoms with van der Waals surface area (Å²) in [5, 5.41) is 3.42. The van der Waals surface area contributed by atoms with Crippen LogP contribution in [0.5, 0.6) is 5.75 Å². The predicted octanol–water partition coefficient (Wildman–Crippen LogP) is 5.07. The molecule has 2 aromatic carbocycles. The Hall–Kier alpha value is -1.80.